The van der Waals surface area contributed by atoms with Crippen molar-refractivity contribution in [1.82, 2.24) is 5.32 Å². The fraction of sp³-hybridized carbons (Fsp3) is 0.611. The van der Waals surface area contributed by atoms with Gasteiger partial charge in [-0.15, -0.1) is 0 Å². The maximum absolute atomic E-state index is 14.1. The summed E-state index contributed by atoms with van der Waals surface area (Å²) in [6.45, 7) is 2.48. The lowest BCUT2D eigenvalue weighted by Gasteiger charge is -2.37. The molecule has 2 fully saturated rings. The third-order valence-corrected chi connectivity index (χ3v) is 4.97. The first-order chi connectivity index (χ1) is 11.2. The number of halogens is 1. The van der Waals surface area contributed by atoms with Crippen LogP contribution in [0.15, 0.2) is 24.3 Å². The average molecular weight is 321 g/mol. The molecular formula is C18H24FNO3. The van der Waals surface area contributed by atoms with Gasteiger partial charge in [0.05, 0.1) is 5.41 Å². The highest BCUT2D eigenvalue weighted by molar-refractivity contribution is 5.83. The van der Waals surface area contributed by atoms with E-state index in [0.29, 0.717) is 51.3 Å². The van der Waals surface area contributed by atoms with Crippen LogP contribution in [0.25, 0.3) is 0 Å². The lowest BCUT2D eigenvalue weighted by atomic mass is 9.74. The molecule has 0 aliphatic carbocycles. The second-order valence-electron chi connectivity index (χ2n) is 6.52. The Morgan fingerprint density at radius 2 is 1.78 bits per heavy atom. The van der Waals surface area contributed by atoms with Gasteiger partial charge in [0.25, 0.3) is 0 Å². The highest BCUT2D eigenvalue weighted by Crippen LogP contribution is 2.35. The average Bonchev–Trinajstić information content (AvgIpc) is 2.59. The van der Waals surface area contributed by atoms with E-state index in [-0.39, 0.29) is 17.8 Å². The molecule has 2 aliphatic heterocycles. The van der Waals surface area contributed by atoms with Gasteiger partial charge in [0.1, 0.15) is 5.82 Å². The van der Waals surface area contributed by atoms with Gasteiger partial charge in [0, 0.05) is 32.5 Å². The van der Waals surface area contributed by atoms with E-state index in [1.54, 1.807) is 12.1 Å². The Kier molecular flexibility index (Phi) is 5.28. The van der Waals surface area contributed by atoms with Crippen molar-refractivity contribution in [2.45, 2.75) is 38.1 Å². The van der Waals surface area contributed by atoms with Crippen molar-refractivity contribution in [2.75, 3.05) is 26.4 Å². The number of hydrogen-bond donors (Lipinski definition) is 1. The van der Waals surface area contributed by atoms with E-state index in [1.807, 2.05) is 6.07 Å². The monoisotopic (exact) mass is 321 g/mol. The van der Waals surface area contributed by atoms with Gasteiger partial charge in [-0.05, 0) is 43.7 Å². The molecule has 0 bridgehead atoms. The molecule has 2 aliphatic rings. The largest absolute Gasteiger partial charge is 0.381 e. The fourth-order valence-corrected chi connectivity index (χ4v) is 3.43. The molecule has 1 aromatic rings. The number of amides is 1. The number of hydrogen-bond acceptors (Lipinski definition) is 3. The van der Waals surface area contributed by atoms with Crippen molar-refractivity contribution in [1.29, 1.82) is 0 Å². The normalized spacial score (nSPS) is 21.8. The molecule has 126 valence electrons. The number of rotatable bonds is 4. The predicted octanol–water partition coefficient (Wildman–Crippen LogP) is 2.46. The van der Waals surface area contributed by atoms with Gasteiger partial charge in [-0.2, -0.15) is 0 Å². The molecule has 1 N–H and O–H groups in total. The highest BCUT2D eigenvalue weighted by Gasteiger charge is 2.41. The van der Waals surface area contributed by atoms with E-state index >= 15 is 0 Å². The van der Waals surface area contributed by atoms with Crippen LogP contribution in [0.2, 0.25) is 0 Å². The van der Waals surface area contributed by atoms with Crippen molar-refractivity contribution >= 4 is 5.91 Å². The van der Waals surface area contributed by atoms with Gasteiger partial charge >= 0.3 is 0 Å². The van der Waals surface area contributed by atoms with E-state index < -0.39 is 5.41 Å². The number of carbonyl (C=O) groups is 1. The minimum absolute atomic E-state index is 0.0379. The van der Waals surface area contributed by atoms with Crippen LogP contribution in [0, 0.1) is 11.2 Å². The van der Waals surface area contributed by atoms with Crippen LogP contribution in [0.1, 0.15) is 31.2 Å². The Morgan fingerprint density at radius 1 is 1.13 bits per heavy atom. The van der Waals surface area contributed by atoms with Crippen molar-refractivity contribution in [2.24, 2.45) is 5.41 Å². The Morgan fingerprint density at radius 3 is 2.48 bits per heavy atom. The van der Waals surface area contributed by atoms with E-state index in [1.165, 1.54) is 6.07 Å². The van der Waals surface area contributed by atoms with Crippen LogP contribution < -0.4 is 5.32 Å². The quantitative estimate of drug-likeness (QED) is 0.927. The molecule has 0 aromatic heterocycles. The summed E-state index contributed by atoms with van der Waals surface area (Å²) in [4.78, 5) is 13.0. The first-order valence-corrected chi connectivity index (χ1v) is 8.39. The number of carbonyl (C=O) groups excluding carboxylic acids is 1. The summed E-state index contributed by atoms with van der Waals surface area (Å²) in [5, 5.41) is 3.17. The zero-order chi connectivity index (χ0) is 16.1. The molecule has 3 rings (SSSR count). The van der Waals surface area contributed by atoms with E-state index in [0.717, 1.165) is 12.8 Å². The lowest BCUT2D eigenvalue weighted by molar-refractivity contribution is -0.138. The van der Waals surface area contributed by atoms with Crippen molar-refractivity contribution < 1.29 is 18.7 Å². The topological polar surface area (TPSA) is 47.6 Å². The van der Waals surface area contributed by atoms with E-state index in [9.17, 15) is 9.18 Å². The van der Waals surface area contributed by atoms with Crippen molar-refractivity contribution in [3.05, 3.63) is 35.6 Å². The molecule has 0 unspecified atom stereocenters. The molecule has 5 heteroatoms. The minimum Gasteiger partial charge on any atom is -0.381 e. The van der Waals surface area contributed by atoms with E-state index in [2.05, 4.69) is 5.32 Å². The first kappa shape index (κ1) is 16.4. The summed E-state index contributed by atoms with van der Waals surface area (Å²) >= 11 is 0. The molecule has 2 saturated heterocycles. The lowest BCUT2D eigenvalue weighted by Crippen LogP contribution is -2.50. The van der Waals surface area contributed by atoms with Gasteiger partial charge in [0.2, 0.25) is 5.91 Å². The van der Waals surface area contributed by atoms with Crippen LogP contribution in [0.5, 0.6) is 0 Å². The number of benzene rings is 1. The molecular weight excluding hydrogens is 297 g/mol. The van der Waals surface area contributed by atoms with Crippen molar-refractivity contribution in [3.8, 4) is 0 Å². The second kappa shape index (κ2) is 7.41. The highest BCUT2D eigenvalue weighted by atomic mass is 19.1. The van der Waals surface area contributed by atoms with Gasteiger partial charge in [-0.1, -0.05) is 18.2 Å². The Hall–Kier alpha value is -1.46. The maximum atomic E-state index is 14.1. The zero-order valence-electron chi connectivity index (χ0n) is 13.4. The molecule has 1 amide bonds. The Balaban J connectivity index is 1.75. The summed E-state index contributed by atoms with van der Waals surface area (Å²) in [7, 11) is 0. The third kappa shape index (κ3) is 3.90. The van der Waals surface area contributed by atoms with Crippen LogP contribution in [0.3, 0.4) is 0 Å². The second-order valence-corrected chi connectivity index (χ2v) is 6.52. The molecule has 0 atom stereocenters. The van der Waals surface area contributed by atoms with Crippen LogP contribution in [0.4, 0.5) is 4.39 Å². The summed E-state index contributed by atoms with van der Waals surface area (Å²) in [5.74, 6) is -0.201. The minimum atomic E-state index is -0.571. The van der Waals surface area contributed by atoms with Gasteiger partial charge in [-0.3, -0.25) is 4.79 Å². The smallest absolute Gasteiger partial charge is 0.226 e. The first-order valence-electron chi connectivity index (χ1n) is 8.39. The molecule has 0 spiro atoms. The number of ether oxygens (including phenoxy) is 2. The Bertz CT molecular complexity index is 537. The fourth-order valence-electron chi connectivity index (χ4n) is 3.43. The number of nitrogens with one attached hydrogen (secondary N) is 1. The maximum Gasteiger partial charge on any atom is 0.226 e. The van der Waals surface area contributed by atoms with Crippen molar-refractivity contribution in [3.63, 3.8) is 0 Å². The molecule has 0 radical (unpaired) electrons. The molecule has 0 saturated carbocycles. The summed E-state index contributed by atoms with van der Waals surface area (Å²) in [5.41, 5.74) is 0.0372. The molecule has 4 nitrogen and oxygen atoms in total. The van der Waals surface area contributed by atoms with Gasteiger partial charge in [-0.25, -0.2) is 4.39 Å². The predicted molar refractivity (Wildman–Crippen MR) is 84.6 cm³/mol. The third-order valence-electron chi connectivity index (χ3n) is 4.97. The van der Waals surface area contributed by atoms with Crippen LogP contribution >= 0.6 is 0 Å². The summed E-state index contributed by atoms with van der Waals surface area (Å²) < 4.78 is 24.8. The zero-order valence-corrected chi connectivity index (χ0v) is 13.4. The van der Waals surface area contributed by atoms with E-state index in [4.69, 9.17) is 9.47 Å². The SMILES string of the molecule is O=C(NC1CCOCC1)C1(Cc2ccccc2F)CCOCC1. The molecule has 23 heavy (non-hydrogen) atoms. The van der Waals surface area contributed by atoms with Gasteiger partial charge in [0.15, 0.2) is 0 Å². The summed E-state index contributed by atoms with van der Waals surface area (Å²) in [6.07, 6.45) is 3.39. The summed E-state index contributed by atoms with van der Waals surface area (Å²) in [6, 6.07) is 6.89. The molecule has 2 heterocycles. The van der Waals surface area contributed by atoms with Gasteiger partial charge < -0.3 is 14.8 Å². The standard InChI is InChI=1S/C18H24FNO3/c19-16-4-2-1-3-14(16)13-18(7-11-23-12-8-18)17(21)20-15-5-9-22-10-6-15/h1-4,15H,5-13H2,(H,20,21). The van der Waals surface area contributed by atoms with Crippen LogP contribution in [-0.2, 0) is 20.7 Å². The molecule has 1 aromatic carbocycles. The van der Waals surface area contributed by atoms with Crippen LogP contribution in [-0.4, -0.2) is 38.4 Å². The Labute approximate surface area is 136 Å².